The Morgan fingerprint density at radius 1 is 0.971 bits per heavy atom. The van der Waals surface area contributed by atoms with Gasteiger partial charge in [0.1, 0.15) is 22.5 Å². The van der Waals surface area contributed by atoms with E-state index in [1.54, 1.807) is 0 Å². The van der Waals surface area contributed by atoms with Gasteiger partial charge in [-0.15, -0.1) is 0 Å². The number of nitrogens with zero attached hydrogens (tertiary/aromatic N) is 6. The van der Waals surface area contributed by atoms with Gasteiger partial charge >= 0.3 is 6.02 Å². The number of nitrogen functional groups attached to an aromatic ring is 1. The van der Waals surface area contributed by atoms with Crippen LogP contribution in [0.15, 0.2) is 46.2 Å². The summed E-state index contributed by atoms with van der Waals surface area (Å²) in [5.74, 6) is 1.47. The second-order valence-electron chi connectivity index (χ2n) is 10.3. The number of aryl methyl sites for hydroxylation is 1. The number of aliphatic imine (C=N–C) groups is 2. The summed E-state index contributed by atoms with van der Waals surface area (Å²) in [6.45, 7) is 14.0. The fraction of sp³-hybridized carbons (Fsp3) is 0.480. The number of anilines is 2. The van der Waals surface area contributed by atoms with Gasteiger partial charge in [-0.3, -0.25) is 0 Å². The van der Waals surface area contributed by atoms with E-state index in [1.165, 1.54) is 0 Å². The van der Waals surface area contributed by atoms with Crippen molar-refractivity contribution in [3.05, 3.63) is 41.9 Å². The van der Waals surface area contributed by atoms with Crippen LogP contribution in [0.3, 0.4) is 0 Å². The molecule has 0 aromatic carbocycles. The van der Waals surface area contributed by atoms with Crippen molar-refractivity contribution < 1.29 is 9.47 Å². The molecule has 2 aromatic heterocycles. The van der Waals surface area contributed by atoms with E-state index in [9.17, 15) is 0 Å². The van der Waals surface area contributed by atoms with E-state index in [2.05, 4.69) is 21.9 Å². The van der Waals surface area contributed by atoms with Gasteiger partial charge in [0.25, 0.3) is 0 Å². The average molecular weight is 464 g/mol. The second-order valence-corrected chi connectivity index (χ2v) is 10.3. The standard InChI is InChI=1S/C25H33N7O2/c1-8-10-15-19-16(28-22(26)27-15)12-13-18(30-19)32-14-9-11-17-20(32)21(33-24(2,3)4)31-23(29-17)34-25(5,6)7/h9,11-14,20H,8,10H2,1-7H3,(H2,26,27,28). The SMILES string of the molecule is CCCc1nc(N)nc2ccc(N3C=CC=C4N=C(OC(C)(C)C)N=C(OC(C)(C)C)C43)nc12. The van der Waals surface area contributed by atoms with Gasteiger partial charge in [-0.2, -0.15) is 9.98 Å². The van der Waals surface area contributed by atoms with Crippen molar-refractivity contribution in [2.75, 3.05) is 10.6 Å². The number of pyridine rings is 1. The third-order valence-corrected chi connectivity index (χ3v) is 4.91. The summed E-state index contributed by atoms with van der Waals surface area (Å²) in [5.41, 5.74) is 8.08. The molecule has 4 rings (SSSR count). The monoisotopic (exact) mass is 463 g/mol. The second kappa shape index (κ2) is 8.70. The minimum Gasteiger partial charge on any atom is -0.473 e. The molecule has 0 saturated carbocycles. The molecule has 0 bridgehead atoms. The minimum atomic E-state index is -0.461. The van der Waals surface area contributed by atoms with Crippen molar-refractivity contribution >= 4 is 34.7 Å². The number of aromatic nitrogens is 3. The van der Waals surface area contributed by atoms with Gasteiger partial charge in [0, 0.05) is 6.20 Å². The molecule has 4 heterocycles. The zero-order chi connectivity index (χ0) is 24.7. The average Bonchev–Trinajstić information content (AvgIpc) is 2.71. The maximum absolute atomic E-state index is 6.31. The Kier molecular flexibility index (Phi) is 6.05. The first-order chi connectivity index (χ1) is 15.9. The Morgan fingerprint density at radius 2 is 1.71 bits per heavy atom. The lowest BCUT2D eigenvalue weighted by Gasteiger charge is -2.37. The normalized spacial score (nSPS) is 18.3. The number of fused-ring (bicyclic) bond motifs is 2. The molecule has 0 aliphatic carbocycles. The van der Waals surface area contributed by atoms with Gasteiger partial charge in [0.15, 0.2) is 6.04 Å². The first-order valence-corrected chi connectivity index (χ1v) is 11.6. The molecule has 0 amide bonds. The summed E-state index contributed by atoms with van der Waals surface area (Å²) in [6, 6.07) is 3.73. The van der Waals surface area contributed by atoms with Gasteiger partial charge in [-0.25, -0.2) is 15.0 Å². The van der Waals surface area contributed by atoms with Gasteiger partial charge in [-0.1, -0.05) is 13.3 Å². The van der Waals surface area contributed by atoms with E-state index in [-0.39, 0.29) is 18.0 Å². The summed E-state index contributed by atoms with van der Waals surface area (Å²) in [7, 11) is 0. The molecule has 2 N–H and O–H groups in total. The first-order valence-electron chi connectivity index (χ1n) is 11.6. The van der Waals surface area contributed by atoms with E-state index in [4.69, 9.17) is 25.2 Å². The number of ether oxygens (including phenoxy) is 2. The van der Waals surface area contributed by atoms with Crippen LogP contribution in [0.1, 0.15) is 60.6 Å². The molecule has 1 atom stereocenters. The zero-order valence-corrected chi connectivity index (χ0v) is 21.0. The predicted molar refractivity (Wildman–Crippen MR) is 136 cm³/mol. The topological polar surface area (TPSA) is 111 Å². The lowest BCUT2D eigenvalue weighted by molar-refractivity contribution is 0.102. The third-order valence-electron chi connectivity index (χ3n) is 4.91. The van der Waals surface area contributed by atoms with E-state index in [0.29, 0.717) is 11.7 Å². The number of amidine groups is 1. The third kappa shape index (κ3) is 5.18. The number of allylic oxidation sites excluding steroid dienone is 2. The molecule has 2 aliphatic heterocycles. The maximum Gasteiger partial charge on any atom is 0.320 e. The summed E-state index contributed by atoms with van der Waals surface area (Å²) in [4.78, 5) is 25.1. The van der Waals surface area contributed by atoms with Crippen LogP contribution in [-0.2, 0) is 15.9 Å². The van der Waals surface area contributed by atoms with Crippen LogP contribution in [-0.4, -0.2) is 44.1 Å². The first kappa shape index (κ1) is 23.7. The highest BCUT2D eigenvalue weighted by atomic mass is 16.5. The Hall–Kier alpha value is -3.49. The number of nitrogens with two attached hydrogens (primary N) is 1. The fourth-order valence-electron chi connectivity index (χ4n) is 3.75. The quantitative estimate of drug-likeness (QED) is 0.711. The summed E-state index contributed by atoms with van der Waals surface area (Å²) < 4.78 is 12.3. The fourth-order valence-corrected chi connectivity index (χ4v) is 3.75. The molecule has 1 unspecified atom stereocenters. The number of hydrogen-bond donors (Lipinski definition) is 1. The minimum absolute atomic E-state index is 0.259. The van der Waals surface area contributed by atoms with Crippen molar-refractivity contribution in [3.8, 4) is 0 Å². The van der Waals surface area contributed by atoms with Gasteiger partial charge in [-0.05, 0) is 72.2 Å². The molecular weight excluding hydrogens is 430 g/mol. The highest BCUT2D eigenvalue weighted by molar-refractivity contribution is 6.01. The van der Waals surface area contributed by atoms with Crippen molar-refractivity contribution in [2.24, 2.45) is 9.98 Å². The lowest BCUT2D eigenvalue weighted by atomic mass is 10.1. The zero-order valence-electron chi connectivity index (χ0n) is 21.0. The Labute approximate surface area is 200 Å². The van der Waals surface area contributed by atoms with Crippen molar-refractivity contribution in [3.63, 3.8) is 0 Å². The van der Waals surface area contributed by atoms with Crippen LogP contribution in [0, 0.1) is 0 Å². The molecule has 2 aromatic rings. The highest BCUT2D eigenvalue weighted by Crippen LogP contribution is 2.31. The van der Waals surface area contributed by atoms with E-state index < -0.39 is 11.2 Å². The highest BCUT2D eigenvalue weighted by Gasteiger charge is 2.37. The summed E-state index contributed by atoms with van der Waals surface area (Å²) >= 11 is 0. The molecule has 9 heteroatoms. The summed E-state index contributed by atoms with van der Waals surface area (Å²) in [6.07, 6.45) is 7.52. The Balaban J connectivity index is 1.78. The van der Waals surface area contributed by atoms with Crippen LogP contribution in [0.4, 0.5) is 11.8 Å². The van der Waals surface area contributed by atoms with Crippen LogP contribution < -0.4 is 10.6 Å². The molecule has 0 radical (unpaired) electrons. The molecule has 0 spiro atoms. The number of rotatable bonds is 3. The van der Waals surface area contributed by atoms with Crippen LogP contribution in [0.2, 0.25) is 0 Å². The van der Waals surface area contributed by atoms with Gasteiger partial charge in [0.05, 0.1) is 16.9 Å². The molecule has 34 heavy (non-hydrogen) atoms. The predicted octanol–water partition coefficient (Wildman–Crippen LogP) is 4.54. The largest absolute Gasteiger partial charge is 0.473 e. The number of hydrogen-bond acceptors (Lipinski definition) is 9. The molecule has 180 valence electrons. The molecule has 0 fully saturated rings. The van der Waals surface area contributed by atoms with Crippen molar-refractivity contribution in [1.82, 2.24) is 15.0 Å². The van der Waals surface area contributed by atoms with Crippen LogP contribution in [0.25, 0.3) is 11.0 Å². The van der Waals surface area contributed by atoms with Crippen LogP contribution in [0.5, 0.6) is 0 Å². The molecule has 0 saturated heterocycles. The maximum atomic E-state index is 6.31. The summed E-state index contributed by atoms with van der Waals surface area (Å²) in [5, 5.41) is 0. The van der Waals surface area contributed by atoms with Crippen LogP contribution >= 0.6 is 0 Å². The Morgan fingerprint density at radius 3 is 2.38 bits per heavy atom. The van der Waals surface area contributed by atoms with Gasteiger partial charge in [0.2, 0.25) is 11.8 Å². The van der Waals surface area contributed by atoms with E-state index in [1.807, 2.05) is 76.9 Å². The molecular formula is C25H33N7O2. The van der Waals surface area contributed by atoms with Gasteiger partial charge < -0.3 is 20.1 Å². The lowest BCUT2D eigenvalue weighted by Crippen LogP contribution is -2.47. The van der Waals surface area contributed by atoms with E-state index >= 15 is 0 Å². The van der Waals surface area contributed by atoms with Crippen molar-refractivity contribution in [1.29, 1.82) is 0 Å². The Bertz CT molecular complexity index is 1220. The molecule has 9 nitrogen and oxygen atoms in total. The smallest absolute Gasteiger partial charge is 0.320 e. The molecule has 2 aliphatic rings. The van der Waals surface area contributed by atoms with E-state index in [0.717, 1.165) is 35.3 Å². The van der Waals surface area contributed by atoms with Crippen molar-refractivity contribution in [2.45, 2.75) is 78.6 Å².